The summed E-state index contributed by atoms with van der Waals surface area (Å²) in [6.45, 7) is 7.61. The van der Waals surface area contributed by atoms with Crippen LogP contribution in [0.5, 0.6) is 0 Å². The molecule has 4 rings (SSSR count). The van der Waals surface area contributed by atoms with Crippen LogP contribution in [0.3, 0.4) is 0 Å². The summed E-state index contributed by atoms with van der Waals surface area (Å²) in [7, 11) is 0. The van der Waals surface area contributed by atoms with Gasteiger partial charge in [-0.05, 0) is 31.5 Å². The number of aryl methyl sites for hydroxylation is 2. The molecule has 26 heavy (non-hydrogen) atoms. The third kappa shape index (κ3) is 3.58. The van der Waals surface area contributed by atoms with Crippen LogP contribution in [0.15, 0.2) is 41.1 Å². The van der Waals surface area contributed by atoms with E-state index in [9.17, 15) is 0 Å². The molecule has 1 saturated heterocycles. The molecule has 0 saturated carbocycles. The van der Waals surface area contributed by atoms with E-state index >= 15 is 0 Å². The average Bonchev–Trinajstić information content (AvgIpc) is 3.07. The molecule has 0 bridgehead atoms. The molecule has 3 heterocycles. The minimum atomic E-state index is 0.414. The van der Waals surface area contributed by atoms with Crippen molar-refractivity contribution in [2.24, 2.45) is 0 Å². The smallest absolute Gasteiger partial charge is 0.250 e. The lowest BCUT2D eigenvalue weighted by atomic mass is 10.2. The molecule has 1 aromatic carbocycles. The van der Waals surface area contributed by atoms with E-state index in [-0.39, 0.29) is 0 Å². The van der Waals surface area contributed by atoms with Crippen LogP contribution < -0.4 is 15.1 Å². The minimum absolute atomic E-state index is 0.414. The molecule has 1 aliphatic rings. The third-order valence-electron chi connectivity index (χ3n) is 4.38. The summed E-state index contributed by atoms with van der Waals surface area (Å²) in [5.41, 5.74) is 2.55. The standard InChI is InChI=1S/C18H21N7O/c1-13-4-3-5-15(10-13)24-6-8-25(9-7-24)17-12-19-22-18(21-17)20-16-11-14(2)26-23-16/h3-5,10-12H,6-9H2,1-2H3,(H,20,21,22,23). The van der Waals surface area contributed by atoms with Gasteiger partial charge in [-0.3, -0.25) is 0 Å². The predicted molar refractivity (Wildman–Crippen MR) is 100.0 cm³/mol. The number of anilines is 4. The van der Waals surface area contributed by atoms with Crippen LogP contribution in [0.2, 0.25) is 0 Å². The van der Waals surface area contributed by atoms with Crippen LogP contribution >= 0.6 is 0 Å². The van der Waals surface area contributed by atoms with E-state index in [4.69, 9.17) is 4.52 Å². The normalized spacial score (nSPS) is 14.5. The molecule has 1 fully saturated rings. The van der Waals surface area contributed by atoms with E-state index in [0.717, 1.165) is 37.8 Å². The second kappa shape index (κ2) is 6.99. The number of rotatable bonds is 4. The Balaban J connectivity index is 1.42. The first-order valence-corrected chi connectivity index (χ1v) is 8.64. The lowest BCUT2D eigenvalue weighted by Gasteiger charge is -2.36. The summed E-state index contributed by atoms with van der Waals surface area (Å²) in [6.07, 6.45) is 1.70. The highest BCUT2D eigenvalue weighted by Crippen LogP contribution is 2.21. The zero-order chi connectivity index (χ0) is 17.9. The van der Waals surface area contributed by atoms with Gasteiger partial charge in [0.2, 0.25) is 5.95 Å². The van der Waals surface area contributed by atoms with Crippen LogP contribution in [0.4, 0.5) is 23.3 Å². The molecule has 0 unspecified atom stereocenters. The second-order valence-electron chi connectivity index (χ2n) is 6.40. The van der Waals surface area contributed by atoms with Gasteiger partial charge in [-0.25, -0.2) is 0 Å². The number of benzene rings is 1. The maximum atomic E-state index is 5.04. The fourth-order valence-corrected chi connectivity index (χ4v) is 3.06. The number of hydrogen-bond acceptors (Lipinski definition) is 8. The quantitative estimate of drug-likeness (QED) is 0.768. The Morgan fingerprint density at radius 3 is 2.58 bits per heavy atom. The third-order valence-corrected chi connectivity index (χ3v) is 4.38. The van der Waals surface area contributed by atoms with Gasteiger partial charge in [-0.2, -0.15) is 10.1 Å². The maximum Gasteiger partial charge on any atom is 0.250 e. The first kappa shape index (κ1) is 16.3. The Hall–Kier alpha value is -3.16. The van der Waals surface area contributed by atoms with Gasteiger partial charge < -0.3 is 19.6 Å². The summed E-state index contributed by atoms with van der Waals surface area (Å²) < 4.78 is 5.04. The van der Waals surface area contributed by atoms with Crippen molar-refractivity contribution in [2.75, 3.05) is 41.3 Å². The van der Waals surface area contributed by atoms with E-state index in [1.807, 2.05) is 6.92 Å². The molecule has 0 radical (unpaired) electrons. The molecule has 8 nitrogen and oxygen atoms in total. The van der Waals surface area contributed by atoms with Crippen molar-refractivity contribution in [1.82, 2.24) is 20.3 Å². The molecule has 0 amide bonds. The van der Waals surface area contributed by atoms with Crippen LogP contribution in [0.1, 0.15) is 11.3 Å². The molecule has 134 valence electrons. The summed E-state index contributed by atoms with van der Waals surface area (Å²) >= 11 is 0. The van der Waals surface area contributed by atoms with Crippen molar-refractivity contribution in [2.45, 2.75) is 13.8 Å². The molecule has 0 aliphatic carbocycles. The van der Waals surface area contributed by atoms with Crippen molar-refractivity contribution in [1.29, 1.82) is 0 Å². The molecule has 0 atom stereocenters. The molecule has 1 aliphatic heterocycles. The highest BCUT2D eigenvalue weighted by atomic mass is 16.5. The molecular weight excluding hydrogens is 330 g/mol. The summed E-state index contributed by atoms with van der Waals surface area (Å²) in [4.78, 5) is 9.17. The van der Waals surface area contributed by atoms with Crippen LogP contribution in [0, 0.1) is 13.8 Å². The first-order valence-electron chi connectivity index (χ1n) is 8.64. The average molecular weight is 351 g/mol. The summed E-state index contributed by atoms with van der Waals surface area (Å²) in [5.74, 6) is 2.53. The topological polar surface area (TPSA) is 83.2 Å². The van der Waals surface area contributed by atoms with Crippen molar-refractivity contribution in [3.05, 3.63) is 47.9 Å². The summed E-state index contributed by atoms with van der Waals surface area (Å²) in [6, 6.07) is 10.4. The Bertz CT molecular complexity index is 887. The van der Waals surface area contributed by atoms with Crippen molar-refractivity contribution in [3.63, 3.8) is 0 Å². The molecule has 0 spiro atoms. The van der Waals surface area contributed by atoms with Crippen LogP contribution in [-0.4, -0.2) is 46.5 Å². The predicted octanol–water partition coefficient (Wildman–Crippen LogP) is 2.55. The molecule has 1 N–H and O–H groups in total. The lowest BCUT2D eigenvalue weighted by Crippen LogP contribution is -2.47. The zero-order valence-corrected chi connectivity index (χ0v) is 14.9. The second-order valence-corrected chi connectivity index (χ2v) is 6.40. The van der Waals surface area contributed by atoms with Gasteiger partial charge in [0.1, 0.15) is 5.76 Å². The first-order chi connectivity index (χ1) is 12.7. The molecule has 2 aromatic heterocycles. The Kier molecular flexibility index (Phi) is 4.39. The molecule has 8 heteroatoms. The molecular formula is C18H21N7O. The number of piperazine rings is 1. The van der Waals surface area contributed by atoms with Gasteiger partial charge in [0.15, 0.2) is 11.6 Å². The Morgan fingerprint density at radius 2 is 1.85 bits per heavy atom. The van der Waals surface area contributed by atoms with Crippen LogP contribution in [0.25, 0.3) is 0 Å². The van der Waals surface area contributed by atoms with E-state index < -0.39 is 0 Å². The van der Waals surface area contributed by atoms with Crippen molar-refractivity contribution < 1.29 is 4.52 Å². The molecule has 3 aromatic rings. The van der Waals surface area contributed by atoms with Crippen molar-refractivity contribution in [3.8, 4) is 0 Å². The SMILES string of the molecule is Cc1cccc(N2CCN(c3cnnc(Nc4cc(C)on4)n3)CC2)c1. The summed E-state index contributed by atoms with van der Waals surface area (Å²) in [5, 5.41) is 15.0. The minimum Gasteiger partial charge on any atom is -0.368 e. The van der Waals surface area contributed by atoms with Gasteiger partial charge in [-0.15, -0.1) is 5.10 Å². The van der Waals surface area contributed by atoms with E-state index in [1.165, 1.54) is 11.3 Å². The fraction of sp³-hybridized carbons (Fsp3) is 0.333. The monoisotopic (exact) mass is 351 g/mol. The van der Waals surface area contributed by atoms with Gasteiger partial charge in [-0.1, -0.05) is 17.3 Å². The van der Waals surface area contributed by atoms with Gasteiger partial charge in [0.05, 0.1) is 6.20 Å². The largest absolute Gasteiger partial charge is 0.368 e. The van der Waals surface area contributed by atoms with Gasteiger partial charge in [0, 0.05) is 37.9 Å². The Morgan fingerprint density at radius 1 is 1.04 bits per heavy atom. The van der Waals surface area contributed by atoms with Crippen LogP contribution in [-0.2, 0) is 0 Å². The maximum absolute atomic E-state index is 5.04. The zero-order valence-electron chi connectivity index (χ0n) is 14.9. The number of nitrogens with one attached hydrogen (secondary N) is 1. The highest BCUT2D eigenvalue weighted by molar-refractivity contribution is 5.52. The lowest BCUT2D eigenvalue weighted by molar-refractivity contribution is 0.400. The Labute approximate surface area is 151 Å². The fourth-order valence-electron chi connectivity index (χ4n) is 3.06. The van der Waals surface area contributed by atoms with Crippen molar-refractivity contribution >= 4 is 23.3 Å². The number of nitrogens with zero attached hydrogens (tertiary/aromatic N) is 6. The van der Waals surface area contributed by atoms with Gasteiger partial charge >= 0.3 is 0 Å². The van der Waals surface area contributed by atoms with E-state index in [1.54, 1.807) is 12.3 Å². The van der Waals surface area contributed by atoms with E-state index in [2.05, 4.69) is 66.6 Å². The van der Waals surface area contributed by atoms with Gasteiger partial charge in [0.25, 0.3) is 0 Å². The number of aromatic nitrogens is 4. The van der Waals surface area contributed by atoms with E-state index in [0.29, 0.717) is 11.8 Å². The highest BCUT2D eigenvalue weighted by Gasteiger charge is 2.19. The number of hydrogen-bond donors (Lipinski definition) is 1.